The maximum absolute atomic E-state index is 13.8. The predicted octanol–water partition coefficient (Wildman–Crippen LogP) is 4.58. The summed E-state index contributed by atoms with van der Waals surface area (Å²) in [5.41, 5.74) is 1.58. The minimum absolute atomic E-state index is 0.0311. The van der Waals surface area contributed by atoms with Crippen LogP contribution in [0.1, 0.15) is 23.3 Å². The lowest BCUT2D eigenvalue weighted by molar-refractivity contribution is -0.193. The monoisotopic (exact) mass is 636 g/mol. The van der Waals surface area contributed by atoms with E-state index in [2.05, 4.69) is 21.9 Å². The Morgan fingerprint density at radius 3 is 2.16 bits per heavy atom. The normalized spacial score (nSPS) is 17.9. The fourth-order valence-corrected chi connectivity index (χ4v) is 4.76. The fraction of sp³-hybridized carbons (Fsp3) is 0.407. The van der Waals surface area contributed by atoms with Crippen LogP contribution in [0.2, 0.25) is 0 Å². The Bertz CT molecular complexity index is 1410. The van der Waals surface area contributed by atoms with Crippen molar-refractivity contribution in [2.45, 2.75) is 30.7 Å². The number of hydrogen-bond donors (Lipinski definition) is 3. The molecule has 0 bridgehead atoms. The van der Waals surface area contributed by atoms with Gasteiger partial charge in [0, 0.05) is 30.2 Å². The van der Waals surface area contributed by atoms with Crippen molar-refractivity contribution in [2.24, 2.45) is 5.92 Å². The number of carbonyl (C=O) groups excluding carboxylic acids is 1. The zero-order valence-electron chi connectivity index (χ0n) is 23.0. The maximum atomic E-state index is 13.8. The van der Waals surface area contributed by atoms with E-state index in [0.717, 1.165) is 30.3 Å². The van der Waals surface area contributed by atoms with Crippen LogP contribution in [0.15, 0.2) is 48.7 Å². The molecule has 10 nitrogen and oxygen atoms in total. The number of H-pyrrole nitrogens is 1. The Kier molecular flexibility index (Phi) is 10.4. The highest BCUT2D eigenvalue weighted by atomic mass is 19.4. The molecule has 2 aromatic heterocycles. The molecule has 1 unspecified atom stereocenters. The Labute approximate surface area is 245 Å². The molecule has 2 aliphatic heterocycles. The number of alkyl halides is 6. The van der Waals surface area contributed by atoms with Crippen LogP contribution in [0, 0.1) is 11.7 Å². The van der Waals surface area contributed by atoms with Gasteiger partial charge in [0.05, 0.1) is 12.1 Å². The molecule has 44 heavy (non-hydrogen) atoms. The average molecular weight is 637 g/mol. The van der Waals surface area contributed by atoms with Gasteiger partial charge in [-0.1, -0.05) is 18.2 Å². The van der Waals surface area contributed by atoms with Crippen LogP contribution >= 0.6 is 0 Å². The number of amides is 1. The number of piperidine rings is 1. The van der Waals surface area contributed by atoms with Crippen LogP contribution < -0.4 is 4.74 Å². The van der Waals surface area contributed by atoms with Gasteiger partial charge < -0.3 is 24.8 Å². The van der Waals surface area contributed by atoms with Crippen molar-refractivity contribution < 1.29 is 60.1 Å². The van der Waals surface area contributed by atoms with Crippen LogP contribution in [0.3, 0.4) is 0 Å². The second-order valence-electron chi connectivity index (χ2n) is 10.1. The molecule has 4 heterocycles. The maximum Gasteiger partial charge on any atom is 0.490 e. The number of ether oxygens (including phenoxy) is 1. The van der Waals surface area contributed by atoms with Gasteiger partial charge in [0.25, 0.3) is 5.91 Å². The van der Waals surface area contributed by atoms with E-state index in [4.69, 9.17) is 24.5 Å². The van der Waals surface area contributed by atoms with Crippen molar-refractivity contribution >= 4 is 28.7 Å². The average Bonchev–Trinajstić information content (AvgIpc) is 3.36. The first-order valence-electron chi connectivity index (χ1n) is 12.8. The standard InChI is InChI=1S/C23H25FN4O2.2C2HF3O2/c1-27-10-8-16(13-30-21-18(24)6-4-9-25-21)12-23(27)14-28(15-23)22(29)20-11-17-5-2-3-7-19(17)26-20;2*3-2(4,5)1(6)7/h2-7,9,11,16,26H,8,10,12-15H2,1H3;2*(H,6,7). The number of aromatic amines is 1. The molecule has 2 fully saturated rings. The van der Waals surface area contributed by atoms with Gasteiger partial charge in [-0.2, -0.15) is 26.3 Å². The molecule has 1 aromatic carbocycles. The molecule has 0 saturated carbocycles. The Morgan fingerprint density at radius 2 is 1.61 bits per heavy atom. The van der Waals surface area contributed by atoms with Crippen LogP contribution in [-0.2, 0) is 9.59 Å². The van der Waals surface area contributed by atoms with Gasteiger partial charge >= 0.3 is 24.3 Å². The first-order chi connectivity index (χ1) is 20.4. The number of benzene rings is 1. The molecule has 0 aliphatic carbocycles. The highest BCUT2D eigenvalue weighted by Gasteiger charge is 2.51. The van der Waals surface area contributed by atoms with Gasteiger partial charge in [0.1, 0.15) is 5.69 Å². The number of aromatic nitrogens is 2. The molecule has 1 amide bonds. The van der Waals surface area contributed by atoms with Gasteiger partial charge in [-0.05, 0) is 56.6 Å². The van der Waals surface area contributed by atoms with E-state index in [1.54, 1.807) is 6.07 Å². The van der Waals surface area contributed by atoms with Crippen molar-refractivity contribution in [3.05, 3.63) is 60.2 Å². The van der Waals surface area contributed by atoms with Crippen molar-refractivity contribution in [2.75, 3.05) is 33.3 Å². The van der Waals surface area contributed by atoms with E-state index in [1.807, 2.05) is 35.2 Å². The number of nitrogens with one attached hydrogen (secondary N) is 1. The molecule has 2 saturated heterocycles. The number of aliphatic carboxylic acids is 2. The lowest BCUT2D eigenvalue weighted by atomic mass is 9.75. The molecule has 1 spiro atoms. The van der Waals surface area contributed by atoms with Crippen LogP contribution in [0.4, 0.5) is 30.7 Å². The smallest absolute Gasteiger partial charge is 0.475 e. The van der Waals surface area contributed by atoms with Crippen molar-refractivity contribution in [3.8, 4) is 5.88 Å². The predicted molar refractivity (Wildman–Crippen MR) is 139 cm³/mol. The lowest BCUT2D eigenvalue weighted by Crippen LogP contribution is -2.72. The van der Waals surface area contributed by atoms with E-state index >= 15 is 0 Å². The number of nitrogens with zero attached hydrogens (tertiary/aromatic N) is 3. The third-order valence-corrected chi connectivity index (χ3v) is 7.03. The number of para-hydroxylation sites is 1. The highest BCUT2D eigenvalue weighted by molar-refractivity contribution is 5.98. The lowest BCUT2D eigenvalue weighted by Gasteiger charge is -2.58. The number of likely N-dealkylation sites (N-methyl/N-ethyl adjacent to an activating group) is 1. The molecule has 2 aliphatic rings. The SMILES string of the molecule is CN1CCC(COc2ncccc2F)CC12CN(C(=O)c1cc3ccccc3[nH]1)C2.O=C(O)C(F)(F)F.O=C(O)C(F)(F)F. The van der Waals surface area contributed by atoms with Gasteiger partial charge in [-0.15, -0.1) is 0 Å². The van der Waals surface area contributed by atoms with Crippen molar-refractivity contribution in [1.29, 1.82) is 0 Å². The molecule has 240 valence electrons. The number of carboxylic acid groups (broad SMARTS) is 2. The summed E-state index contributed by atoms with van der Waals surface area (Å²) in [5.74, 6) is -5.53. The fourth-order valence-electron chi connectivity index (χ4n) is 4.76. The quantitative estimate of drug-likeness (QED) is 0.354. The van der Waals surface area contributed by atoms with E-state index < -0.39 is 30.1 Å². The number of pyridine rings is 1. The number of fused-ring (bicyclic) bond motifs is 1. The topological polar surface area (TPSA) is 136 Å². The van der Waals surface area contributed by atoms with E-state index in [1.165, 1.54) is 12.3 Å². The first-order valence-corrected chi connectivity index (χ1v) is 12.8. The zero-order valence-corrected chi connectivity index (χ0v) is 23.0. The van der Waals surface area contributed by atoms with E-state index in [0.29, 0.717) is 31.3 Å². The van der Waals surface area contributed by atoms with Gasteiger partial charge in [0.2, 0.25) is 5.88 Å². The Hall–Kier alpha value is -4.41. The molecule has 17 heteroatoms. The van der Waals surface area contributed by atoms with Crippen LogP contribution in [0.5, 0.6) is 5.88 Å². The minimum atomic E-state index is -5.08. The van der Waals surface area contributed by atoms with Crippen molar-refractivity contribution in [1.82, 2.24) is 19.8 Å². The summed E-state index contributed by atoms with van der Waals surface area (Å²) in [6.07, 6.45) is -6.72. The highest BCUT2D eigenvalue weighted by Crippen LogP contribution is 2.39. The zero-order chi connectivity index (χ0) is 32.9. The Balaban J connectivity index is 0.000000317. The van der Waals surface area contributed by atoms with Crippen LogP contribution in [0.25, 0.3) is 10.9 Å². The largest absolute Gasteiger partial charge is 0.490 e. The molecule has 3 aromatic rings. The summed E-state index contributed by atoms with van der Waals surface area (Å²) in [6, 6.07) is 12.8. The second kappa shape index (κ2) is 13.5. The molecular formula is C27H27F7N4O6. The van der Waals surface area contributed by atoms with Gasteiger partial charge in [0.15, 0.2) is 5.82 Å². The number of likely N-dealkylation sites (tertiary alicyclic amines) is 2. The number of halogens is 7. The summed E-state index contributed by atoms with van der Waals surface area (Å²) in [5, 5.41) is 15.3. The molecule has 5 rings (SSSR count). The summed E-state index contributed by atoms with van der Waals surface area (Å²) in [7, 11) is 2.13. The first kappa shape index (κ1) is 34.1. The summed E-state index contributed by atoms with van der Waals surface area (Å²) in [4.78, 5) is 42.2. The third-order valence-electron chi connectivity index (χ3n) is 7.03. The third kappa shape index (κ3) is 8.58. The number of hydrogen-bond acceptors (Lipinski definition) is 6. The van der Waals surface area contributed by atoms with Gasteiger partial charge in [-0.25, -0.2) is 19.0 Å². The van der Waals surface area contributed by atoms with E-state index in [-0.39, 0.29) is 17.3 Å². The molecule has 0 radical (unpaired) electrons. The molecular weight excluding hydrogens is 609 g/mol. The summed E-state index contributed by atoms with van der Waals surface area (Å²) < 4.78 is 82.9. The Morgan fingerprint density at radius 1 is 1.02 bits per heavy atom. The summed E-state index contributed by atoms with van der Waals surface area (Å²) in [6.45, 7) is 2.78. The molecule has 3 N–H and O–H groups in total. The van der Waals surface area contributed by atoms with E-state index in [9.17, 15) is 35.5 Å². The molecule has 1 atom stereocenters. The van der Waals surface area contributed by atoms with Crippen LogP contribution in [-0.4, -0.2) is 99.0 Å². The second-order valence-corrected chi connectivity index (χ2v) is 10.1. The van der Waals surface area contributed by atoms with Gasteiger partial charge in [-0.3, -0.25) is 9.69 Å². The number of carboxylic acids is 2. The van der Waals surface area contributed by atoms with Crippen molar-refractivity contribution in [3.63, 3.8) is 0 Å². The minimum Gasteiger partial charge on any atom is -0.475 e. The summed E-state index contributed by atoms with van der Waals surface area (Å²) >= 11 is 0. The number of rotatable bonds is 4. The number of carbonyl (C=O) groups is 3.